The second-order valence-corrected chi connectivity index (χ2v) is 7.51. The van der Waals surface area contributed by atoms with Crippen LogP contribution < -0.4 is 10.6 Å². The van der Waals surface area contributed by atoms with Gasteiger partial charge < -0.3 is 10.1 Å². The van der Waals surface area contributed by atoms with E-state index in [4.69, 9.17) is 4.74 Å². The first kappa shape index (κ1) is 19.8. The van der Waals surface area contributed by atoms with Crippen molar-refractivity contribution in [1.29, 1.82) is 0 Å². The predicted octanol–water partition coefficient (Wildman–Crippen LogP) is 4.31. The third kappa shape index (κ3) is 10.2. The molecule has 2 N–H and O–H groups in total. The number of rotatable bonds is 9. The van der Waals surface area contributed by atoms with Crippen molar-refractivity contribution < 1.29 is 9.53 Å². The third-order valence-corrected chi connectivity index (χ3v) is 3.84. The van der Waals surface area contributed by atoms with Crippen LogP contribution in [0.5, 0.6) is 0 Å². The minimum absolute atomic E-state index is 0.419. The Morgan fingerprint density at radius 3 is 2.43 bits per heavy atom. The van der Waals surface area contributed by atoms with Gasteiger partial charge >= 0.3 is 6.09 Å². The van der Waals surface area contributed by atoms with Crippen LogP contribution in [0.25, 0.3) is 0 Å². The molecule has 1 rings (SSSR count). The largest absolute Gasteiger partial charge is 0.444 e. The molecule has 1 amide bonds. The molecule has 4 nitrogen and oxygen atoms in total. The van der Waals surface area contributed by atoms with Crippen LogP contribution in [0.4, 0.5) is 10.5 Å². The van der Waals surface area contributed by atoms with Crippen LogP contribution >= 0.6 is 11.8 Å². The van der Waals surface area contributed by atoms with Crippen molar-refractivity contribution in [3.8, 4) is 0 Å². The van der Waals surface area contributed by atoms with Crippen LogP contribution in [0.3, 0.4) is 0 Å². The van der Waals surface area contributed by atoms with Crippen LogP contribution in [0.1, 0.15) is 39.2 Å². The Kier molecular flexibility index (Phi) is 9.10. The van der Waals surface area contributed by atoms with Gasteiger partial charge in [-0.15, -0.1) is 0 Å². The molecular formula is C18H30N2O2S. The summed E-state index contributed by atoms with van der Waals surface area (Å²) in [6.45, 7) is 7.62. The van der Waals surface area contributed by atoms with Gasteiger partial charge in [0.1, 0.15) is 5.60 Å². The van der Waals surface area contributed by atoms with Crippen molar-refractivity contribution >= 4 is 23.5 Å². The van der Waals surface area contributed by atoms with Crippen molar-refractivity contribution in [3.05, 3.63) is 29.8 Å². The zero-order chi connectivity index (χ0) is 17.1. The van der Waals surface area contributed by atoms with Crippen molar-refractivity contribution in [3.63, 3.8) is 0 Å². The Bertz CT molecular complexity index is 455. The SMILES string of the molecule is CSCCCCNCCc1ccc(NC(=O)OC(C)(C)C)cc1. The molecule has 0 aliphatic rings. The summed E-state index contributed by atoms with van der Waals surface area (Å²) in [6.07, 6.45) is 5.24. The smallest absolute Gasteiger partial charge is 0.412 e. The maximum absolute atomic E-state index is 11.7. The zero-order valence-electron chi connectivity index (χ0n) is 14.8. The van der Waals surface area contributed by atoms with Crippen LogP contribution in [-0.4, -0.2) is 36.8 Å². The number of nitrogens with one attached hydrogen (secondary N) is 2. The van der Waals surface area contributed by atoms with Gasteiger partial charge in [0.15, 0.2) is 0 Å². The molecule has 23 heavy (non-hydrogen) atoms. The fourth-order valence-corrected chi connectivity index (χ4v) is 2.52. The van der Waals surface area contributed by atoms with E-state index in [0.29, 0.717) is 0 Å². The lowest BCUT2D eigenvalue weighted by atomic mass is 10.1. The minimum Gasteiger partial charge on any atom is -0.444 e. The molecule has 0 aliphatic carbocycles. The molecule has 1 aromatic carbocycles. The summed E-state index contributed by atoms with van der Waals surface area (Å²) in [4.78, 5) is 11.7. The molecule has 0 aliphatic heterocycles. The maximum Gasteiger partial charge on any atom is 0.412 e. The summed E-state index contributed by atoms with van der Waals surface area (Å²) in [5.41, 5.74) is 1.54. The Balaban J connectivity index is 2.24. The summed E-state index contributed by atoms with van der Waals surface area (Å²) in [5, 5.41) is 6.21. The van der Waals surface area contributed by atoms with Crippen LogP contribution in [-0.2, 0) is 11.2 Å². The number of hydrogen-bond acceptors (Lipinski definition) is 4. The zero-order valence-corrected chi connectivity index (χ0v) is 15.6. The molecule has 1 aromatic rings. The van der Waals surface area contributed by atoms with Gasteiger partial charge in [0.2, 0.25) is 0 Å². The lowest BCUT2D eigenvalue weighted by Crippen LogP contribution is -2.27. The summed E-state index contributed by atoms with van der Waals surface area (Å²) in [5.74, 6) is 1.24. The Morgan fingerprint density at radius 1 is 1.13 bits per heavy atom. The average Bonchev–Trinajstić information content (AvgIpc) is 2.46. The summed E-state index contributed by atoms with van der Waals surface area (Å²) < 4.78 is 5.23. The summed E-state index contributed by atoms with van der Waals surface area (Å²) >= 11 is 1.90. The fourth-order valence-electron chi connectivity index (χ4n) is 2.03. The van der Waals surface area contributed by atoms with Gasteiger partial charge in [0, 0.05) is 5.69 Å². The number of thioether (sulfide) groups is 1. The second-order valence-electron chi connectivity index (χ2n) is 6.52. The molecule has 130 valence electrons. The van der Waals surface area contributed by atoms with E-state index >= 15 is 0 Å². The topological polar surface area (TPSA) is 50.4 Å². The van der Waals surface area contributed by atoms with Gasteiger partial charge in [-0.25, -0.2) is 4.79 Å². The molecule has 0 heterocycles. The standard InChI is InChI=1S/C18H30N2O2S/c1-18(2,3)22-17(21)20-16-9-7-15(8-10-16)11-13-19-12-5-6-14-23-4/h7-10,19H,5-6,11-14H2,1-4H3,(H,20,21). The van der Waals surface area contributed by atoms with Crippen LogP contribution in [0.2, 0.25) is 0 Å². The van der Waals surface area contributed by atoms with Gasteiger partial charge in [-0.3, -0.25) is 5.32 Å². The van der Waals surface area contributed by atoms with E-state index in [-0.39, 0.29) is 0 Å². The average molecular weight is 339 g/mol. The highest BCUT2D eigenvalue weighted by atomic mass is 32.2. The lowest BCUT2D eigenvalue weighted by molar-refractivity contribution is 0.0636. The van der Waals surface area contributed by atoms with E-state index in [1.54, 1.807) is 0 Å². The van der Waals surface area contributed by atoms with E-state index in [0.717, 1.165) is 25.2 Å². The lowest BCUT2D eigenvalue weighted by Gasteiger charge is -2.19. The van der Waals surface area contributed by atoms with Crippen molar-refractivity contribution in [1.82, 2.24) is 5.32 Å². The number of benzene rings is 1. The van der Waals surface area contributed by atoms with E-state index in [1.165, 1.54) is 24.2 Å². The predicted molar refractivity (Wildman–Crippen MR) is 100 cm³/mol. The molecule has 0 bridgehead atoms. The van der Waals surface area contributed by atoms with Crippen molar-refractivity contribution in [2.24, 2.45) is 0 Å². The highest BCUT2D eigenvalue weighted by Crippen LogP contribution is 2.13. The molecule has 5 heteroatoms. The second kappa shape index (κ2) is 10.6. The van der Waals surface area contributed by atoms with Gasteiger partial charge in [0.25, 0.3) is 0 Å². The van der Waals surface area contributed by atoms with Crippen molar-refractivity contribution in [2.75, 3.05) is 30.4 Å². The van der Waals surface area contributed by atoms with Gasteiger partial charge in [-0.2, -0.15) is 11.8 Å². The first-order valence-corrected chi connectivity index (χ1v) is 9.59. The number of hydrogen-bond donors (Lipinski definition) is 2. The monoisotopic (exact) mass is 338 g/mol. The van der Waals surface area contributed by atoms with Crippen LogP contribution in [0, 0.1) is 0 Å². The Labute approximate surface area is 144 Å². The van der Waals surface area contributed by atoms with Gasteiger partial charge in [-0.1, -0.05) is 12.1 Å². The first-order valence-electron chi connectivity index (χ1n) is 8.19. The molecule has 0 fully saturated rings. The Morgan fingerprint density at radius 2 is 1.83 bits per heavy atom. The first-order chi connectivity index (χ1) is 10.9. The molecule has 0 unspecified atom stereocenters. The molecular weight excluding hydrogens is 308 g/mol. The molecule has 0 aromatic heterocycles. The highest BCUT2D eigenvalue weighted by Gasteiger charge is 2.15. The number of carbonyl (C=O) groups is 1. The molecule has 0 atom stereocenters. The number of anilines is 1. The Hall–Kier alpha value is -1.20. The third-order valence-electron chi connectivity index (χ3n) is 3.14. The minimum atomic E-state index is -0.481. The molecule has 0 saturated carbocycles. The summed E-state index contributed by atoms with van der Waals surface area (Å²) in [7, 11) is 0. The van der Waals surface area contributed by atoms with E-state index in [2.05, 4.69) is 16.9 Å². The van der Waals surface area contributed by atoms with E-state index in [1.807, 2.05) is 56.8 Å². The highest BCUT2D eigenvalue weighted by molar-refractivity contribution is 7.98. The van der Waals surface area contributed by atoms with Crippen molar-refractivity contribution in [2.45, 2.75) is 45.6 Å². The molecule has 0 spiro atoms. The van der Waals surface area contributed by atoms with E-state index < -0.39 is 11.7 Å². The quantitative estimate of drug-likeness (QED) is 0.659. The normalized spacial score (nSPS) is 11.3. The van der Waals surface area contributed by atoms with E-state index in [9.17, 15) is 4.79 Å². The molecule has 0 radical (unpaired) electrons. The van der Waals surface area contributed by atoms with Gasteiger partial charge in [-0.05, 0) is 82.8 Å². The summed E-state index contributed by atoms with van der Waals surface area (Å²) in [6, 6.07) is 7.92. The maximum atomic E-state index is 11.7. The number of ether oxygens (including phenoxy) is 1. The number of carbonyl (C=O) groups excluding carboxylic acids is 1. The number of amides is 1. The van der Waals surface area contributed by atoms with Crippen LogP contribution in [0.15, 0.2) is 24.3 Å². The molecule has 0 saturated heterocycles. The number of unbranched alkanes of at least 4 members (excludes halogenated alkanes) is 1. The van der Waals surface area contributed by atoms with Gasteiger partial charge in [0.05, 0.1) is 0 Å². The fraction of sp³-hybridized carbons (Fsp3) is 0.611.